The normalized spacial score (nSPS) is 22.2. The number of ether oxygens (including phenoxy) is 2. The van der Waals surface area contributed by atoms with Crippen molar-refractivity contribution in [3.63, 3.8) is 0 Å². The maximum absolute atomic E-state index is 12.3. The maximum Gasteiger partial charge on any atom is 0.231 e. The predicted octanol–water partition coefficient (Wildman–Crippen LogP) is 0.169. The first-order chi connectivity index (χ1) is 12.2. The van der Waals surface area contributed by atoms with Crippen LogP contribution in [-0.2, 0) is 11.3 Å². The molecule has 9 nitrogen and oxygen atoms in total. The van der Waals surface area contributed by atoms with Crippen molar-refractivity contribution in [3.8, 4) is 11.5 Å². The summed E-state index contributed by atoms with van der Waals surface area (Å²) in [7, 11) is 0. The lowest BCUT2D eigenvalue weighted by molar-refractivity contribution is -0.135. The second-order valence-corrected chi connectivity index (χ2v) is 6.24. The molecule has 0 saturated carbocycles. The first kappa shape index (κ1) is 15.8. The minimum absolute atomic E-state index is 0.00122. The summed E-state index contributed by atoms with van der Waals surface area (Å²) in [6.45, 7) is 1.61. The summed E-state index contributed by atoms with van der Waals surface area (Å²) in [4.78, 5) is 14.0. The van der Waals surface area contributed by atoms with Crippen molar-refractivity contribution in [3.05, 3.63) is 30.1 Å². The molecule has 9 heteroatoms. The van der Waals surface area contributed by atoms with Crippen molar-refractivity contribution in [1.29, 1.82) is 0 Å². The number of aliphatic hydroxyl groups is 1. The number of aliphatic hydroxyl groups excluding tert-OH is 1. The van der Waals surface area contributed by atoms with Crippen LogP contribution < -0.4 is 9.47 Å². The predicted molar refractivity (Wildman–Crippen MR) is 84.9 cm³/mol. The minimum atomic E-state index is -0.605. The van der Waals surface area contributed by atoms with E-state index in [9.17, 15) is 9.90 Å². The van der Waals surface area contributed by atoms with Gasteiger partial charge < -0.3 is 19.5 Å². The quantitative estimate of drug-likeness (QED) is 0.842. The van der Waals surface area contributed by atoms with Crippen molar-refractivity contribution in [2.45, 2.75) is 31.4 Å². The van der Waals surface area contributed by atoms with Gasteiger partial charge >= 0.3 is 0 Å². The zero-order valence-corrected chi connectivity index (χ0v) is 13.6. The van der Waals surface area contributed by atoms with Crippen LogP contribution in [0.3, 0.4) is 0 Å². The second-order valence-electron chi connectivity index (χ2n) is 6.24. The number of benzene rings is 1. The maximum atomic E-state index is 12.3. The summed E-state index contributed by atoms with van der Waals surface area (Å²) in [6, 6.07) is 5.75. The molecule has 1 aromatic carbocycles. The van der Waals surface area contributed by atoms with Crippen molar-refractivity contribution in [2.24, 2.45) is 0 Å². The third kappa shape index (κ3) is 3.27. The fraction of sp³-hybridized carbons (Fsp3) is 0.500. The Bertz CT molecular complexity index is 751. The molecular weight excluding hydrogens is 326 g/mol. The number of aryl methyl sites for hydroxylation is 1. The van der Waals surface area contributed by atoms with Crippen LogP contribution in [0.5, 0.6) is 11.5 Å². The molecule has 1 N–H and O–H groups in total. The number of amides is 1. The number of rotatable bonds is 4. The molecule has 0 aliphatic carbocycles. The van der Waals surface area contributed by atoms with E-state index in [0.29, 0.717) is 38.2 Å². The average molecular weight is 345 g/mol. The largest absolute Gasteiger partial charge is 0.454 e. The minimum Gasteiger partial charge on any atom is -0.454 e. The Hall–Kier alpha value is -2.68. The third-order valence-corrected chi connectivity index (χ3v) is 4.71. The number of likely N-dealkylation sites (tertiary alicyclic amines) is 1. The van der Waals surface area contributed by atoms with E-state index in [0.717, 1.165) is 11.3 Å². The van der Waals surface area contributed by atoms with Crippen LogP contribution in [0.25, 0.3) is 0 Å². The fourth-order valence-electron chi connectivity index (χ4n) is 3.34. The highest BCUT2D eigenvalue weighted by Crippen LogP contribution is 2.37. The van der Waals surface area contributed by atoms with Gasteiger partial charge in [-0.15, -0.1) is 5.10 Å². The Morgan fingerprint density at radius 2 is 2.20 bits per heavy atom. The Kier molecular flexibility index (Phi) is 4.22. The number of aromatic nitrogens is 4. The van der Waals surface area contributed by atoms with Crippen LogP contribution in [0.4, 0.5) is 0 Å². The van der Waals surface area contributed by atoms with Crippen molar-refractivity contribution in [1.82, 2.24) is 25.1 Å². The smallest absolute Gasteiger partial charge is 0.231 e. The Labute approximate surface area is 144 Å². The SMILES string of the molecule is O=C(CCn1cnnn1)N1CC[C@@H](c2ccc3c(c2)OCO3)[C@H](O)C1. The average Bonchev–Trinajstić information content (AvgIpc) is 3.30. The monoisotopic (exact) mass is 345 g/mol. The topological polar surface area (TPSA) is 103 Å². The zero-order valence-electron chi connectivity index (χ0n) is 13.6. The molecule has 4 rings (SSSR count). The molecule has 25 heavy (non-hydrogen) atoms. The van der Waals surface area contributed by atoms with Gasteiger partial charge in [-0.1, -0.05) is 6.07 Å². The summed E-state index contributed by atoms with van der Waals surface area (Å²) in [6.07, 6.45) is 1.89. The standard InChI is InChI=1S/C16H19N5O4/c22-13-8-20(16(23)4-6-21-9-17-18-19-21)5-3-12(13)11-1-2-14-15(7-11)25-10-24-14/h1-2,7,9,12-13,22H,3-6,8,10H2/t12-,13+/m0/s1. The molecule has 0 radical (unpaired) electrons. The molecule has 2 atom stereocenters. The van der Waals surface area contributed by atoms with Crippen molar-refractivity contribution in [2.75, 3.05) is 19.9 Å². The molecule has 1 fully saturated rings. The van der Waals surface area contributed by atoms with Gasteiger partial charge in [0.1, 0.15) is 6.33 Å². The molecule has 0 unspecified atom stereocenters. The van der Waals surface area contributed by atoms with E-state index in [1.807, 2.05) is 18.2 Å². The Balaban J connectivity index is 1.36. The number of piperidine rings is 1. The van der Waals surface area contributed by atoms with Crippen LogP contribution >= 0.6 is 0 Å². The zero-order chi connectivity index (χ0) is 17.2. The van der Waals surface area contributed by atoms with Gasteiger partial charge in [-0.05, 0) is 34.5 Å². The summed E-state index contributed by atoms with van der Waals surface area (Å²) < 4.78 is 12.2. The third-order valence-electron chi connectivity index (χ3n) is 4.71. The molecule has 2 aromatic rings. The first-order valence-electron chi connectivity index (χ1n) is 8.27. The molecule has 2 aliphatic heterocycles. The molecule has 3 heterocycles. The molecule has 1 amide bonds. The number of carbonyl (C=O) groups is 1. The summed E-state index contributed by atoms with van der Waals surface area (Å²) in [5.74, 6) is 1.43. The van der Waals surface area contributed by atoms with E-state index in [2.05, 4.69) is 15.5 Å². The van der Waals surface area contributed by atoms with E-state index in [1.165, 1.54) is 11.0 Å². The van der Waals surface area contributed by atoms with Crippen LogP contribution in [0.1, 0.15) is 24.3 Å². The molecule has 0 bridgehead atoms. The Morgan fingerprint density at radius 3 is 3.00 bits per heavy atom. The Morgan fingerprint density at radius 1 is 1.32 bits per heavy atom. The van der Waals surface area contributed by atoms with Gasteiger partial charge in [0.2, 0.25) is 12.7 Å². The lowest BCUT2D eigenvalue weighted by Crippen LogP contribution is -2.45. The molecule has 1 saturated heterocycles. The van der Waals surface area contributed by atoms with E-state index < -0.39 is 6.10 Å². The highest BCUT2D eigenvalue weighted by molar-refractivity contribution is 5.76. The summed E-state index contributed by atoms with van der Waals surface area (Å²) in [5, 5.41) is 21.4. The second kappa shape index (κ2) is 6.67. The van der Waals surface area contributed by atoms with Gasteiger partial charge in [0, 0.05) is 25.4 Å². The molecule has 0 spiro atoms. The molecule has 1 aromatic heterocycles. The van der Waals surface area contributed by atoms with Gasteiger partial charge in [-0.3, -0.25) is 4.79 Å². The van der Waals surface area contributed by atoms with E-state index >= 15 is 0 Å². The summed E-state index contributed by atoms with van der Waals surface area (Å²) >= 11 is 0. The lowest BCUT2D eigenvalue weighted by Gasteiger charge is -2.36. The van der Waals surface area contributed by atoms with Crippen LogP contribution in [0, 0.1) is 0 Å². The van der Waals surface area contributed by atoms with Gasteiger partial charge in [-0.2, -0.15) is 0 Å². The van der Waals surface area contributed by atoms with Crippen molar-refractivity contribution >= 4 is 5.91 Å². The van der Waals surface area contributed by atoms with E-state index in [4.69, 9.17) is 9.47 Å². The number of nitrogens with zero attached hydrogens (tertiary/aromatic N) is 5. The van der Waals surface area contributed by atoms with Gasteiger partial charge in [-0.25, -0.2) is 4.68 Å². The fourth-order valence-corrected chi connectivity index (χ4v) is 3.34. The van der Waals surface area contributed by atoms with E-state index in [-0.39, 0.29) is 18.6 Å². The first-order valence-corrected chi connectivity index (χ1v) is 8.27. The van der Waals surface area contributed by atoms with Crippen LogP contribution in [0.15, 0.2) is 24.5 Å². The van der Waals surface area contributed by atoms with Crippen molar-refractivity contribution < 1.29 is 19.4 Å². The lowest BCUT2D eigenvalue weighted by atomic mass is 9.87. The van der Waals surface area contributed by atoms with E-state index in [1.54, 1.807) is 4.90 Å². The highest BCUT2D eigenvalue weighted by atomic mass is 16.7. The van der Waals surface area contributed by atoms with Gasteiger partial charge in [0.25, 0.3) is 0 Å². The number of β-amino-alcohol motifs (C(OH)–C–C–N with tert-alkyl or cyclic N) is 1. The number of fused-ring (bicyclic) bond motifs is 1. The summed E-state index contributed by atoms with van der Waals surface area (Å²) in [5.41, 5.74) is 1.01. The molecule has 132 valence electrons. The number of tetrazole rings is 1. The van der Waals surface area contributed by atoms with Crippen LogP contribution in [0.2, 0.25) is 0 Å². The number of carbonyl (C=O) groups excluding carboxylic acids is 1. The van der Waals surface area contributed by atoms with Gasteiger partial charge in [0.05, 0.1) is 12.6 Å². The number of hydrogen-bond donors (Lipinski definition) is 1. The molecular formula is C16H19N5O4. The highest BCUT2D eigenvalue weighted by Gasteiger charge is 2.31. The van der Waals surface area contributed by atoms with Gasteiger partial charge in [0.15, 0.2) is 11.5 Å². The van der Waals surface area contributed by atoms with Crippen LogP contribution in [-0.4, -0.2) is 62.1 Å². The number of hydrogen-bond acceptors (Lipinski definition) is 7. The molecule has 2 aliphatic rings.